The van der Waals surface area contributed by atoms with Crippen LogP contribution in [0.4, 0.5) is 22.2 Å². The molecule has 0 saturated carbocycles. The van der Waals surface area contributed by atoms with E-state index in [1.165, 1.54) is 42.6 Å². The molecular weight excluding hydrogens is 1410 g/mol. The molecule has 0 aliphatic heterocycles. The fourth-order valence-electron chi connectivity index (χ4n) is 10.7. The third kappa shape index (κ3) is 24.1. The second-order valence-electron chi connectivity index (χ2n) is 23.0. The van der Waals surface area contributed by atoms with E-state index in [1.54, 1.807) is 72.5 Å². The predicted octanol–water partition coefficient (Wildman–Crippen LogP) is 14.6. The SMILES string of the molecule is CCC(C(=O)Nc1ccc(C(=O)NO)cc1)c1ccc(-c2ccccc2)cc1.CCC(C(=O)Nc1ccc(C(=O)NO)cc1)c1ccc(Br)cc1.COCCC(C(=O)Nc1ccc(C(=O)NO)cc1)c1ccccc1.COCCC(C(=O)Nc1ncc(C(=O)NO)s1)c1ccc(-c2ccccc2)cc1. The normalized spacial score (nSPS) is 11.6. The fraction of sp³-hybridized carbons (Fsp3) is 0.177. The van der Waals surface area contributed by atoms with Crippen LogP contribution in [-0.2, 0) is 28.7 Å². The highest BCUT2D eigenvalue weighted by molar-refractivity contribution is 9.10. The summed E-state index contributed by atoms with van der Waals surface area (Å²) in [6, 6.07) is 72.1. The molecule has 10 rings (SSSR count). The first-order chi connectivity index (χ1) is 50.4. The Morgan fingerprint density at radius 1 is 0.375 bits per heavy atom. The number of benzene rings is 9. The minimum absolute atomic E-state index is 0.102. The molecule has 8 amide bonds. The van der Waals surface area contributed by atoms with Crippen molar-refractivity contribution >= 4 is 96.7 Å². The first-order valence-electron chi connectivity index (χ1n) is 32.8. The predicted molar refractivity (Wildman–Crippen MR) is 402 cm³/mol. The van der Waals surface area contributed by atoms with Crippen LogP contribution in [-0.4, -0.2) is 101 Å². The number of hydrogen-bond donors (Lipinski definition) is 12. The van der Waals surface area contributed by atoms with E-state index < -0.39 is 29.5 Å². The number of aromatic nitrogens is 1. The van der Waals surface area contributed by atoms with E-state index >= 15 is 0 Å². The second-order valence-corrected chi connectivity index (χ2v) is 25.0. The van der Waals surface area contributed by atoms with Gasteiger partial charge in [0, 0.05) is 65.7 Å². The quantitative estimate of drug-likeness (QED) is 0.0177. The van der Waals surface area contributed by atoms with Crippen LogP contribution in [0.15, 0.2) is 247 Å². The molecule has 10 aromatic rings. The number of nitrogens with zero attached hydrogens (tertiary/aromatic N) is 1. The van der Waals surface area contributed by atoms with Crippen LogP contribution in [0, 0.1) is 0 Å². The lowest BCUT2D eigenvalue weighted by Crippen LogP contribution is -2.22. The summed E-state index contributed by atoms with van der Waals surface area (Å²) < 4.78 is 11.2. The molecule has 0 saturated heterocycles. The molecule has 1 aromatic heterocycles. The van der Waals surface area contributed by atoms with E-state index in [0.29, 0.717) is 72.6 Å². The number of nitrogens with one attached hydrogen (secondary N) is 8. The van der Waals surface area contributed by atoms with Crippen LogP contribution in [0.5, 0.6) is 0 Å². The molecule has 25 heteroatoms. The first-order valence-corrected chi connectivity index (χ1v) is 34.4. The molecule has 0 aliphatic rings. The lowest BCUT2D eigenvalue weighted by molar-refractivity contribution is -0.118. The Kier molecular flexibility index (Phi) is 32.4. The zero-order chi connectivity index (χ0) is 74.8. The summed E-state index contributed by atoms with van der Waals surface area (Å²) in [5.74, 6) is -4.32. The molecule has 1 heterocycles. The Balaban J connectivity index is 0.000000195. The van der Waals surface area contributed by atoms with Gasteiger partial charge in [-0.25, -0.2) is 26.9 Å². The Labute approximate surface area is 614 Å². The molecule has 4 atom stereocenters. The van der Waals surface area contributed by atoms with Crippen LogP contribution in [0.3, 0.4) is 0 Å². The standard InChI is InChI=1S/C23H22N2O3.C21H21N3O4S.C18H20N2O4.C17H17BrN2O3/c1-2-21(18-10-8-17(9-11-18)16-6-4-3-5-7-16)23(27)24-20-14-12-19(13-15-20)22(26)25-28;1-28-12-11-17(19(25)23-21-22-13-18(29-21)20(26)24-27)16-9-7-15(8-10-16)14-5-3-2-4-6-14;1-24-12-11-16(13-5-3-2-4-6-13)18(22)19-15-9-7-14(8-10-15)17(21)20-23;1-2-15(11-3-7-13(18)8-4-11)17(22)19-14-9-5-12(6-10-14)16(21)20-23/h3-15,21,28H,2H2,1H3,(H,24,27)(H,25,26);2-10,13,17,27H,11-12H2,1H3,(H,24,26)(H,22,23,25);2-10,16,23H,11-12H2,1H3,(H,19,22)(H,20,21);3-10,15,23H,2H2,1H3,(H,19,22)(H,20,21). The van der Waals surface area contributed by atoms with Crippen molar-refractivity contribution in [2.45, 2.75) is 63.2 Å². The van der Waals surface area contributed by atoms with E-state index in [2.05, 4.69) is 54.3 Å². The number of hydroxylamine groups is 4. The number of rotatable bonds is 26. The molecule has 0 fully saturated rings. The fourth-order valence-corrected chi connectivity index (χ4v) is 11.6. The number of ether oxygens (including phenoxy) is 2. The largest absolute Gasteiger partial charge is 0.385 e. The van der Waals surface area contributed by atoms with Crippen LogP contribution < -0.4 is 43.2 Å². The number of halogens is 1. The van der Waals surface area contributed by atoms with Crippen molar-refractivity contribution in [1.82, 2.24) is 26.9 Å². The maximum absolute atomic E-state index is 12.9. The van der Waals surface area contributed by atoms with Gasteiger partial charge in [-0.2, -0.15) is 0 Å². The molecule has 0 aliphatic carbocycles. The molecule has 104 heavy (non-hydrogen) atoms. The van der Waals surface area contributed by atoms with Crippen LogP contribution in [0.1, 0.15) is 126 Å². The lowest BCUT2D eigenvalue weighted by atomic mass is 9.93. The van der Waals surface area contributed by atoms with Crippen molar-refractivity contribution in [1.29, 1.82) is 0 Å². The number of anilines is 4. The minimum atomic E-state index is -0.671. The number of thiazole rings is 1. The summed E-state index contributed by atoms with van der Waals surface area (Å²) in [6.07, 6.45) is 3.71. The van der Waals surface area contributed by atoms with Gasteiger partial charge in [-0.1, -0.05) is 193 Å². The lowest BCUT2D eigenvalue weighted by Gasteiger charge is -2.17. The van der Waals surface area contributed by atoms with Crippen LogP contribution in [0.25, 0.3) is 22.3 Å². The number of hydrogen-bond acceptors (Lipinski definition) is 16. The second kappa shape index (κ2) is 42.1. The average molecular weight is 1490 g/mol. The summed E-state index contributed by atoms with van der Waals surface area (Å²) in [4.78, 5) is 100. The Bertz CT molecular complexity index is 4370. The van der Waals surface area contributed by atoms with Crippen molar-refractivity contribution in [2.75, 3.05) is 48.7 Å². The van der Waals surface area contributed by atoms with Crippen molar-refractivity contribution in [3.63, 3.8) is 0 Å². The van der Waals surface area contributed by atoms with Crippen molar-refractivity contribution in [2.24, 2.45) is 0 Å². The summed E-state index contributed by atoms with van der Waals surface area (Å²) in [5.41, 5.74) is 17.1. The molecular formula is C79H80BrN9O14S. The number of carbonyl (C=O) groups is 8. The van der Waals surface area contributed by atoms with E-state index in [0.717, 1.165) is 60.3 Å². The van der Waals surface area contributed by atoms with Gasteiger partial charge >= 0.3 is 0 Å². The van der Waals surface area contributed by atoms with Crippen molar-refractivity contribution in [3.05, 3.63) is 291 Å². The third-order valence-corrected chi connectivity index (χ3v) is 17.7. The van der Waals surface area contributed by atoms with E-state index in [1.807, 2.05) is 166 Å². The molecule has 4 unspecified atom stereocenters. The minimum Gasteiger partial charge on any atom is -0.385 e. The molecule has 9 aromatic carbocycles. The van der Waals surface area contributed by atoms with Gasteiger partial charge in [0.05, 0.1) is 29.9 Å². The molecule has 23 nitrogen and oxygen atoms in total. The van der Waals surface area contributed by atoms with Gasteiger partial charge < -0.3 is 30.7 Å². The van der Waals surface area contributed by atoms with Gasteiger partial charge in [-0.15, -0.1) is 0 Å². The van der Waals surface area contributed by atoms with Crippen molar-refractivity contribution < 1.29 is 68.7 Å². The van der Waals surface area contributed by atoms with Gasteiger partial charge in [0.25, 0.3) is 23.6 Å². The summed E-state index contributed by atoms with van der Waals surface area (Å²) in [6.45, 7) is 4.84. The maximum atomic E-state index is 12.9. The smallest absolute Gasteiger partial charge is 0.286 e. The Morgan fingerprint density at radius 3 is 1.01 bits per heavy atom. The number of methoxy groups -OCH3 is 2. The van der Waals surface area contributed by atoms with Gasteiger partial charge in [0.15, 0.2) is 5.13 Å². The summed E-state index contributed by atoms with van der Waals surface area (Å²) in [5, 5.41) is 46.2. The molecule has 12 N–H and O–H groups in total. The topological polar surface area (TPSA) is 345 Å². The monoisotopic (exact) mass is 1490 g/mol. The average Bonchev–Trinajstić information content (AvgIpc) is 1.53. The highest BCUT2D eigenvalue weighted by Gasteiger charge is 2.25. The van der Waals surface area contributed by atoms with E-state index in [9.17, 15) is 38.4 Å². The highest BCUT2D eigenvalue weighted by atomic mass is 79.9. The number of amides is 8. The summed E-state index contributed by atoms with van der Waals surface area (Å²) in [7, 11) is 3.19. The summed E-state index contributed by atoms with van der Waals surface area (Å²) >= 11 is 4.36. The molecule has 0 spiro atoms. The molecule has 0 bridgehead atoms. The zero-order valence-electron chi connectivity index (χ0n) is 57.3. The van der Waals surface area contributed by atoms with Gasteiger partial charge in [0.2, 0.25) is 23.6 Å². The first kappa shape index (κ1) is 79.9. The van der Waals surface area contributed by atoms with Crippen molar-refractivity contribution in [3.8, 4) is 22.3 Å². The van der Waals surface area contributed by atoms with Crippen LogP contribution >= 0.6 is 27.3 Å². The third-order valence-electron chi connectivity index (χ3n) is 16.2. The molecule has 538 valence electrons. The van der Waals surface area contributed by atoms with Crippen LogP contribution in [0.2, 0.25) is 0 Å². The van der Waals surface area contributed by atoms with Gasteiger partial charge in [0.1, 0.15) is 4.88 Å². The molecule has 0 radical (unpaired) electrons. The van der Waals surface area contributed by atoms with Gasteiger partial charge in [-0.05, 0) is 155 Å². The Morgan fingerprint density at radius 2 is 0.673 bits per heavy atom. The maximum Gasteiger partial charge on any atom is 0.286 e. The van der Waals surface area contributed by atoms with E-state index in [-0.39, 0.29) is 51.4 Å². The Hall–Kier alpha value is -11.4. The highest BCUT2D eigenvalue weighted by Crippen LogP contribution is 2.31. The number of carbonyl (C=O) groups excluding carboxylic acids is 8. The van der Waals surface area contributed by atoms with E-state index in [4.69, 9.17) is 30.3 Å². The van der Waals surface area contributed by atoms with Gasteiger partial charge in [-0.3, -0.25) is 59.2 Å². The zero-order valence-corrected chi connectivity index (χ0v) is 59.7.